The molecule has 1 atom stereocenters. The molecule has 1 amide bonds. The van der Waals surface area contributed by atoms with E-state index in [1.165, 1.54) is 25.6 Å². The summed E-state index contributed by atoms with van der Waals surface area (Å²) in [7, 11) is 0. The molecule has 0 radical (unpaired) electrons. The van der Waals surface area contributed by atoms with Crippen molar-refractivity contribution in [2.45, 2.75) is 39.3 Å². The smallest absolute Gasteiger partial charge is 0.221 e. The van der Waals surface area contributed by atoms with Crippen LogP contribution in [0.2, 0.25) is 0 Å². The Balaban J connectivity index is 1.99. The average Bonchev–Trinajstić information content (AvgIpc) is 3.21. The van der Waals surface area contributed by atoms with Crippen LogP contribution in [0.3, 0.4) is 0 Å². The number of aliphatic hydroxyl groups excluding tert-OH is 1. The zero-order valence-electron chi connectivity index (χ0n) is 16.9. The number of benzene rings is 1. The number of halogens is 2. The van der Waals surface area contributed by atoms with Gasteiger partial charge in [-0.2, -0.15) is 0 Å². The number of aliphatic hydroxyl groups is 1. The molecule has 0 saturated carbocycles. The lowest BCUT2D eigenvalue weighted by molar-refractivity contribution is -0.114. The third-order valence-electron chi connectivity index (χ3n) is 4.27. The van der Waals surface area contributed by atoms with Gasteiger partial charge in [0.15, 0.2) is 18.4 Å². The number of hydrogen-bond donors (Lipinski definition) is 4. The van der Waals surface area contributed by atoms with Gasteiger partial charge in [0.2, 0.25) is 5.91 Å². The van der Waals surface area contributed by atoms with E-state index in [1.807, 2.05) is 0 Å². The number of hydrogen-bond acceptors (Lipinski definition) is 6. The Morgan fingerprint density at radius 3 is 2.87 bits per heavy atom. The number of rotatable bonds is 10. The summed E-state index contributed by atoms with van der Waals surface area (Å²) >= 11 is 3.41. The van der Waals surface area contributed by atoms with Crippen molar-refractivity contribution in [2.75, 3.05) is 11.9 Å². The quantitative estimate of drug-likeness (QED) is 0.225. The fourth-order valence-corrected chi connectivity index (χ4v) is 3.23. The number of nitrogens with two attached hydrogens (primary N) is 1. The Bertz CT molecular complexity index is 927. The van der Waals surface area contributed by atoms with Crippen LogP contribution in [0.25, 0.3) is 11.3 Å². The third kappa shape index (κ3) is 6.79. The van der Waals surface area contributed by atoms with Crippen LogP contribution in [0, 0.1) is 0 Å². The minimum Gasteiger partial charge on any atom is -0.443 e. The van der Waals surface area contributed by atoms with Gasteiger partial charge in [0.05, 0.1) is 11.5 Å². The van der Waals surface area contributed by atoms with E-state index < -0.39 is 6.23 Å². The van der Waals surface area contributed by atoms with Gasteiger partial charge in [-0.05, 0) is 77.8 Å². The number of allylic oxidation sites excluding steroid dienone is 3. The molecular weight excluding hydrogens is 455 g/mol. The van der Waals surface area contributed by atoms with E-state index in [9.17, 15) is 14.3 Å². The van der Waals surface area contributed by atoms with E-state index >= 15 is 0 Å². The Labute approximate surface area is 183 Å². The van der Waals surface area contributed by atoms with E-state index in [1.54, 1.807) is 25.1 Å². The zero-order valence-corrected chi connectivity index (χ0v) is 18.5. The molecule has 0 aliphatic rings. The van der Waals surface area contributed by atoms with Gasteiger partial charge in [0, 0.05) is 17.0 Å². The van der Waals surface area contributed by atoms with E-state index in [4.69, 9.17) is 10.2 Å². The molecule has 2 rings (SSSR count). The van der Waals surface area contributed by atoms with Crippen molar-refractivity contribution >= 4 is 27.5 Å². The first-order chi connectivity index (χ1) is 14.3. The van der Waals surface area contributed by atoms with Crippen LogP contribution in [0.1, 0.15) is 45.0 Å². The van der Waals surface area contributed by atoms with Gasteiger partial charge in [0.25, 0.3) is 0 Å². The molecule has 0 saturated heterocycles. The summed E-state index contributed by atoms with van der Waals surface area (Å²) in [4.78, 5) is 15.4. The van der Waals surface area contributed by atoms with E-state index in [0.29, 0.717) is 58.6 Å². The standard InChI is InChI=1S/C21H26BrFN4O3/c1-3-16(23)9-14(11-24)5-4-8-25-21(29)19-20(30-12-26-19)15-6-7-18(17(22)10-15)27-13(2)28/h6-7,9-12,21,25,29H,3-5,8,24H2,1-2H3,(H,27,28)/b14-11-,16-9+. The number of aromatic nitrogens is 1. The van der Waals surface area contributed by atoms with Crippen LogP contribution in [-0.2, 0) is 4.79 Å². The normalized spacial score (nSPS) is 13.4. The number of anilines is 1. The highest BCUT2D eigenvalue weighted by Crippen LogP contribution is 2.32. The molecule has 1 heterocycles. The molecule has 5 N–H and O–H groups in total. The van der Waals surface area contributed by atoms with Gasteiger partial charge in [-0.1, -0.05) is 6.92 Å². The van der Waals surface area contributed by atoms with Crippen molar-refractivity contribution in [3.05, 3.63) is 58.4 Å². The summed E-state index contributed by atoms with van der Waals surface area (Å²) in [5, 5.41) is 16.2. The molecule has 9 heteroatoms. The first kappa shape index (κ1) is 23.8. The number of carbonyl (C=O) groups excluding carboxylic acids is 1. The monoisotopic (exact) mass is 480 g/mol. The van der Waals surface area contributed by atoms with Crippen molar-refractivity contribution in [2.24, 2.45) is 5.73 Å². The van der Waals surface area contributed by atoms with Crippen LogP contribution < -0.4 is 16.4 Å². The van der Waals surface area contributed by atoms with Gasteiger partial charge >= 0.3 is 0 Å². The van der Waals surface area contributed by atoms with Crippen molar-refractivity contribution in [3.63, 3.8) is 0 Å². The molecule has 1 aromatic carbocycles. The maximum absolute atomic E-state index is 13.4. The second-order valence-electron chi connectivity index (χ2n) is 6.59. The average molecular weight is 481 g/mol. The van der Waals surface area contributed by atoms with Crippen LogP contribution in [0.15, 0.2) is 57.2 Å². The fourth-order valence-electron chi connectivity index (χ4n) is 2.75. The van der Waals surface area contributed by atoms with E-state index in [0.717, 1.165) is 0 Å². The maximum Gasteiger partial charge on any atom is 0.221 e. The van der Waals surface area contributed by atoms with Crippen molar-refractivity contribution < 1.29 is 18.7 Å². The third-order valence-corrected chi connectivity index (χ3v) is 4.93. The van der Waals surface area contributed by atoms with Gasteiger partial charge in [0.1, 0.15) is 5.69 Å². The second kappa shape index (κ2) is 11.6. The summed E-state index contributed by atoms with van der Waals surface area (Å²) in [5.74, 6) is 0.0205. The largest absolute Gasteiger partial charge is 0.443 e. The predicted octanol–water partition coefficient (Wildman–Crippen LogP) is 4.53. The van der Waals surface area contributed by atoms with Crippen LogP contribution in [0.5, 0.6) is 0 Å². The summed E-state index contributed by atoms with van der Waals surface area (Å²) < 4.78 is 19.5. The summed E-state index contributed by atoms with van der Waals surface area (Å²) in [5.41, 5.74) is 7.91. The first-order valence-corrected chi connectivity index (χ1v) is 10.3. The molecule has 0 fully saturated rings. The second-order valence-corrected chi connectivity index (χ2v) is 7.44. The van der Waals surface area contributed by atoms with Crippen LogP contribution in [0.4, 0.5) is 10.1 Å². The molecule has 0 aliphatic heterocycles. The highest BCUT2D eigenvalue weighted by molar-refractivity contribution is 9.10. The van der Waals surface area contributed by atoms with Crippen LogP contribution >= 0.6 is 15.9 Å². The summed E-state index contributed by atoms with van der Waals surface area (Å²) in [6.45, 7) is 3.64. The van der Waals surface area contributed by atoms with Gasteiger partial charge in [-0.25, -0.2) is 9.37 Å². The number of carbonyl (C=O) groups is 1. The molecule has 30 heavy (non-hydrogen) atoms. The lowest BCUT2D eigenvalue weighted by Gasteiger charge is -2.13. The molecule has 1 unspecified atom stereocenters. The number of amides is 1. The van der Waals surface area contributed by atoms with Gasteiger partial charge in [-0.15, -0.1) is 0 Å². The highest BCUT2D eigenvalue weighted by Gasteiger charge is 2.19. The van der Waals surface area contributed by atoms with E-state index in [2.05, 4.69) is 31.5 Å². The van der Waals surface area contributed by atoms with Crippen molar-refractivity contribution in [1.29, 1.82) is 0 Å². The highest BCUT2D eigenvalue weighted by atomic mass is 79.9. The molecule has 0 spiro atoms. The summed E-state index contributed by atoms with van der Waals surface area (Å²) in [6.07, 6.45) is 4.60. The fraction of sp³-hybridized carbons (Fsp3) is 0.333. The Morgan fingerprint density at radius 1 is 1.47 bits per heavy atom. The minimum atomic E-state index is -1.04. The maximum atomic E-state index is 13.4. The lowest BCUT2D eigenvalue weighted by Crippen LogP contribution is -2.23. The molecular formula is C21H26BrFN4O3. The minimum absolute atomic E-state index is 0.177. The molecule has 1 aromatic heterocycles. The first-order valence-electron chi connectivity index (χ1n) is 9.54. The number of nitrogens with zero attached hydrogens (tertiary/aromatic N) is 1. The van der Waals surface area contributed by atoms with Crippen LogP contribution in [-0.4, -0.2) is 22.5 Å². The number of nitrogens with one attached hydrogen (secondary N) is 2. The predicted molar refractivity (Wildman–Crippen MR) is 118 cm³/mol. The van der Waals surface area contributed by atoms with Gasteiger partial charge in [-0.3, -0.25) is 10.1 Å². The Morgan fingerprint density at radius 2 is 2.23 bits per heavy atom. The topological polar surface area (TPSA) is 113 Å². The molecule has 7 nitrogen and oxygen atoms in total. The molecule has 2 aromatic rings. The zero-order chi connectivity index (χ0) is 22.1. The van der Waals surface area contributed by atoms with E-state index in [-0.39, 0.29) is 11.7 Å². The van der Waals surface area contributed by atoms with Gasteiger partial charge < -0.3 is 20.6 Å². The number of oxazole rings is 1. The summed E-state index contributed by atoms with van der Waals surface area (Å²) in [6, 6.07) is 5.27. The Hall–Kier alpha value is -2.49. The van der Waals surface area contributed by atoms with Crippen molar-refractivity contribution in [1.82, 2.24) is 10.3 Å². The lowest BCUT2D eigenvalue weighted by atomic mass is 10.1. The SMILES string of the molecule is CC/C(F)=C\C(=C/N)CCCNC(O)c1ncoc1-c1ccc(NC(C)=O)c(Br)c1. The molecule has 0 aliphatic carbocycles. The Kier molecular flexibility index (Phi) is 9.22. The molecule has 0 bridgehead atoms. The van der Waals surface area contributed by atoms with Crippen molar-refractivity contribution in [3.8, 4) is 11.3 Å². The molecule has 162 valence electrons.